The minimum atomic E-state index is -1.22. The van der Waals surface area contributed by atoms with Crippen LogP contribution in [0.4, 0.5) is 4.79 Å². The molecule has 0 spiro atoms. The van der Waals surface area contributed by atoms with Crippen LogP contribution in [0.1, 0.15) is 13.8 Å². The number of imidazole rings is 1. The number of fused-ring (bicyclic) bond motifs is 1. The first kappa shape index (κ1) is 19.9. The van der Waals surface area contributed by atoms with E-state index in [-0.39, 0.29) is 11.2 Å². The molecule has 0 aliphatic rings. The second-order valence-electron chi connectivity index (χ2n) is 5.73. The number of esters is 1. The molecular weight excluding hydrogens is 360 g/mol. The largest absolute Gasteiger partial charge is 0.451 e. The number of aryl methyl sites for hydroxylation is 1. The summed E-state index contributed by atoms with van der Waals surface area (Å²) in [4.78, 5) is 63.4. The van der Waals surface area contributed by atoms with Gasteiger partial charge >= 0.3 is 17.7 Å². The SMILES string of the molecule is CCNC(=O)NC(=O)C(C)OC(=O)Cn1cnc2c1c(=O)n(C)c(=O)n2C. The van der Waals surface area contributed by atoms with Gasteiger partial charge in [0.1, 0.15) is 6.54 Å². The molecule has 1 atom stereocenters. The van der Waals surface area contributed by atoms with Gasteiger partial charge in [-0.3, -0.25) is 28.8 Å². The predicted octanol–water partition coefficient (Wildman–Crippen LogP) is -1.79. The van der Waals surface area contributed by atoms with E-state index in [1.54, 1.807) is 6.92 Å². The van der Waals surface area contributed by atoms with E-state index in [0.717, 1.165) is 4.57 Å². The van der Waals surface area contributed by atoms with Crippen LogP contribution in [-0.4, -0.2) is 49.2 Å². The molecule has 2 N–H and O–H groups in total. The van der Waals surface area contributed by atoms with Crippen LogP contribution in [0, 0.1) is 0 Å². The Balaban J connectivity index is 2.15. The Morgan fingerprint density at radius 2 is 1.89 bits per heavy atom. The molecule has 0 aliphatic carbocycles. The lowest BCUT2D eigenvalue weighted by atomic mass is 10.4. The third-order valence-electron chi connectivity index (χ3n) is 3.77. The van der Waals surface area contributed by atoms with Crippen molar-refractivity contribution in [2.45, 2.75) is 26.5 Å². The van der Waals surface area contributed by atoms with Gasteiger partial charge in [-0.15, -0.1) is 0 Å². The van der Waals surface area contributed by atoms with E-state index in [2.05, 4.69) is 10.3 Å². The van der Waals surface area contributed by atoms with E-state index in [1.807, 2.05) is 5.32 Å². The summed E-state index contributed by atoms with van der Waals surface area (Å²) in [5, 5.41) is 4.40. The molecule has 2 heterocycles. The maximum atomic E-state index is 12.3. The first-order chi connectivity index (χ1) is 12.7. The third kappa shape index (κ3) is 4.04. The van der Waals surface area contributed by atoms with Gasteiger partial charge in [0.2, 0.25) is 0 Å². The number of imide groups is 1. The lowest BCUT2D eigenvalue weighted by Gasteiger charge is -2.13. The predicted molar refractivity (Wildman–Crippen MR) is 93.0 cm³/mol. The highest BCUT2D eigenvalue weighted by Gasteiger charge is 2.21. The summed E-state index contributed by atoms with van der Waals surface area (Å²) in [6.07, 6.45) is 0.00808. The van der Waals surface area contributed by atoms with Crippen molar-refractivity contribution in [3.63, 3.8) is 0 Å². The molecule has 12 nitrogen and oxygen atoms in total. The molecule has 27 heavy (non-hydrogen) atoms. The minimum Gasteiger partial charge on any atom is -0.451 e. The van der Waals surface area contributed by atoms with E-state index in [4.69, 9.17) is 4.74 Å². The van der Waals surface area contributed by atoms with Crippen LogP contribution < -0.4 is 21.9 Å². The summed E-state index contributed by atoms with van der Waals surface area (Å²) in [6, 6.07) is -0.699. The Bertz CT molecular complexity index is 1020. The highest BCUT2D eigenvalue weighted by atomic mass is 16.5. The molecule has 12 heteroatoms. The van der Waals surface area contributed by atoms with Gasteiger partial charge in [0.25, 0.3) is 11.5 Å². The van der Waals surface area contributed by atoms with Crippen molar-refractivity contribution in [2.75, 3.05) is 6.54 Å². The number of amides is 3. The van der Waals surface area contributed by atoms with Crippen molar-refractivity contribution in [3.8, 4) is 0 Å². The van der Waals surface area contributed by atoms with Crippen LogP contribution in [0.15, 0.2) is 15.9 Å². The monoisotopic (exact) mass is 380 g/mol. The van der Waals surface area contributed by atoms with E-state index < -0.39 is 41.8 Å². The van der Waals surface area contributed by atoms with Crippen molar-refractivity contribution in [1.82, 2.24) is 29.3 Å². The van der Waals surface area contributed by atoms with Crippen LogP contribution in [-0.2, 0) is 35.0 Å². The smallest absolute Gasteiger partial charge is 0.332 e. The van der Waals surface area contributed by atoms with Crippen molar-refractivity contribution < 1.29 is 19.1 Å². The number of aromatic nitrogens is 4. The number of rotatable bonds is 5. The maximum Gasteiger partial charge on any atom is 0.332 e. The number of hydrogen-bond donors (Lipinski definition) is 2. The average molecular weight is 380 g/mol. The molecule has 146 valence electrons. The van der Waals surface area contributed by atoms with Gasteiger partial charge in [-0.05, 0) is 13.8 Å². The molecule has 2 rings (SSSR count). The summed E-state index contributed by atoms with van der Waals surface area (Å²) in [6.45, 7) is 2.92. The summed E-state index contributed by atoms with van der Waals surface area (Å²) in [5.74, 6) is -1.60. The summed E-state index contributed by atoms with van der Waals surface area (Å²) in [5.41, 5.74) is -0.981. The maximum absolute atomic E-state index is 12.3. The van der Waals surface area contributed by atoms with Gasteiger partial charge in [-0.2, -0.15) is 0 Å². The van der Waals surface area contributed by atoms with Crippen molar-refractivity contribution >= 4 is 29.1 Å². The molecule has 1 unspecified atom stereocenters. The first-order valence-corrected chi connectivity index (χ1v) is 8.06. The number of carbonyl (C=O) groups is 3. The minimum absolute atomic E-state index is 0.0518. The average Bonchev–Trinajstić information content (AvgIpc) is 3.01. The standard InChI is InChI=1S/C15H20N6O6/c1-5-16-14(25)18-12(23)8(2)27-9(22)6-21-7-17-11-10(21)13(24)20(4)15(26)19(11)3/h7-8H,5-6H2,1-4H3,(H2,16,18,23,25). The number of ether oxygens (including phenoxy) is 1. The lowest BCUT2D eigenvalue weighted by molar-refractivity contribution is -0.155. The normalized spacial score (nSPS) is 11.9. The Morgan fingerprint density at radius 3 is 2.52 bits per heavy atom. The zero-order valence-corrected chi connectivity index (χ0v) is 15.3. The fraction of sp³-hybridized carbons (Fsp3) is 0.467. The summed E-state index contributed by atoms with van der Waals surface area (Å²) >= 11 is 0. The van der Waals surface area contributed by atoms with Crippen LogP contribution in [0.5, 0.6) is 0 Å². The van der Waals surface area contributed by atoms with Crippen molar-refractivity contribution in [2.24, 2.45) is 14.1 Å². The Hall–Kier alpha value is -3.44. The van der Waals surface area contributed by atoms with E-state index in [1.165, 1.54) is 36.5 Å². The van der Waals surface area contributed by atoms with Gasteiger partial charge in [0, 0.05) is 20.6 Å². The fourth-order valence-electron chi connectivity index (χ4n) is 2.36. The number of nitrogens with zero attached hydrogens (tertiary/aromatic N) is 4. The highest BCUT2D eigenvalue weighted by molar-refractivity contribution is 5.97. The quantitative estimate of drug-likeness (QED) is 0.583. The molecule has 0 saturated carbocycles. The van der Waals surface area contributed by atoms with Crippen LogP contribution in [0.25, 0.3) is 11.2 Å². The van der Waals surface area contributed by atoms with Crippen LogP contribution in [0.2, 0.25) is 0 Å². The van der Waals surface area contributed by atoms with Gasteiger partial charge < -0.3 is 14.6 Å². The Morgan fingerprint density at radius 1 is 1.22 bits per heavy atom. The fourth-order valence-corrected chi connectivity index (χ4v) is 2.36. The molecule has 0 saturated heterocycles. The molecule has 2 aromatic heterocycles. The van der Waals surface area contributed by atoms with Crippen molar-refractivity contribution in [3.05, 3.63) is 27.2 Å². The summed E-state index contributed by atoms with van der Waals surface area (Å²) < 4.78 is 8.29. The zero-order chi connectivity index (χ0) is 20.3. The van der Waals surface area contributed by atoms with Gasteiger partial charge in [-0.25, -0.2) is 14.6 Å². The van der Waals surface area contributed by atoms with Gasteiger partial charge in [-0.1, -0.05) is 0 Å². The molecule has 0 bridgehead atoms. The van der Waals surface area contributed by atoms with E-state index >= 15 is 0 Å². The number of carbonyl (C=O) groups excluding carboxylic acids is 3. The second kappa shape index (κ2) is 7.85. The number of urea groups is 1. The van der Waals surface area contributed by atoms with Gasteiger partial charge in [0.15, 0.2) is 17.3 Å². The van der Waals surface area contributed by atoms with Crippen LogP contribution >= 0.6 is 0 Å². The highest BCUT2D eigenvalue weighted by Crippen LogP contribution is 2.06. The van der Waals surface area contributed by atoms with Gasteiger partial charge in [0.05, 0.1) is 6.33 Å². The van der Waals surface area contributed by atoms with E-state index in [9.17, 15) is 24.0 Å². The molecule has 2 aromatic rings. The topological polar surface area (TPSA) is 146 Å². The molecule has 0 aliphatic heterocycles. The second-order valence-corrected chi connectivity index (χ2v) is 5.73. The van der Waals surface area contributed by atoms with Crippen molar-refractivity contribution in [1.29, 1.82) is 0 Å². The first-order valence-electron chi connectivity index (χ1n) is 8.06. The molecule has 0 fully saturated rings. The number of nitrogens with one attached hydrogen (secondary N) is 2. The molecule has 0 aromatic carbocycles. The zero-order valence-electron chi connectivity index (χ0n) is 15.3. The Labute approximate surface area is 152 Å². The van der Waals surface area contributed by atoms with E-state index in [0.29, 0.717) is 6.54 Å². The number of hydrogen-bond acceptors (Lipinski definition) is 7. The van der Waals surface area contributed by atoms with Crippen LogP contribution in [0.3, 0.4) is 0 Å². The molecule has 0 radical (unpaired) electrons. The Kier molecular flexibility index (Phi) is 5.78. The lowest BCUT2D eigenvalue weighted by Crippen LogP contribution is -2.44. The molecular formula is C15H20N6O6. The third-order valence-corrected chi connectivity index (χ3v) is 3.77. The molecule has 3 amide bonds. The summed E-state index contributed by atoms with van der Waals surface area (Å²) in [7, 11) is 2.76.